The van der Waals surface area contributed by atoms with Crippen LogP contribution in [0.5, 0.6) is 5.75 Å². The normalized spacial score (nSPS) is 18.1. The molecule has 2 atom stereocenters. The molecule has 0 radical (unpaired) electrons. The molecule has 0 aliphatic heterocycles. The second kappa shape index (κ2) is 7.27. The van der Waals surface area contributed by atoms with Crippen LogP contribution in [-0.2, 0) is 0 Å². The molecule has 1 aliphatic rings. The van der Waals surface area contributed by atoms with Gasteiger partial charge in [0.1, 0.15) is 18.5 Å². The lowest BCUT2D eigenvalue weighted by molar-refractivity contribution is 0.103. The summed E-state index contributed by atoms with van der Waals surface area (Å²) in [7, 11) is 0. The van der Waals surface area contributed by atoms with Crippen molar-refractivity contribution in [3.05, 3.63) is 28.7 Å². The van der Waals surface area contributed by atoms with Crippen molar-refractivity contribution in [1.82, 2.24) is 5.32 Å². The lowest BCUT2D eigenvalue weighted by Gasteiger charge is -2.17. The molecule has 2 N–H and O–H groups in total. The zero-order valence-corrected chi connectivity index (χ0v) is 12.9. The summed E-state index contributed by atoms with van der Waals surface area (Å²) in [5.74, 6) is 1.69. The summed E-state index contributed by atoms with van der Waals surface area (Å²) in [6.07, 6.45) is 3.50. The predicted molar refractivity (Wildman–Crippen MR) is 80.4 cm³/mol. The number of ether oxygens (including phenoxy) is 1. The molecular formula is C15H22BrNO2. The van der Waals surface area contributed by atoms with E-state index >= 15 is 0 Å². The molecule has 1 fully saturated rings. The van der Waals surface area contributed by atoms with Crippen molar-refractivity contribution in [2.75, 3.05) is 13.2 Å². The van der Waals surface area contributed by atoms with E-state index in [-0.39, 0.29) is 0 Å². The highest BCUT2D eigenvalue weighted by atomic mass is 79.9. The number of hydrogen-bond donors (Lipinski definition) is 2. The maximum atomic E-state index is 9.88. The van der Waals surface area contributed by atoms with Gasteiger partial charge >= 0.3 is 0 Å². The first kappa shape index (κ1) is 14.8. The largest absolute Gasteiger partial charge is 0.491 e. The van der Waals surface area contributed by atoms with E-state index in [1.54, 1.807) is 0 Å². The molecule has 2 unspecified atom stereocenters. The number of nitrogens with one attached hydrogen (secondary N) is 1. The topological polar surface area (TPSA) is 41.5 Å². The highest BCUT2D eigenvalue weighted by Gasteiger charge is 2.23. The highest BCUT2D eigenvalue weighted by Crippen LogP contribution is 2.33. The third-order valence-corrected chi connectivity index (χ3v) is 3.82. The van der Waals surface area contributed by atoms with Crippen LogP contribution in [0.1, 0.15) is 26.2 Å². The van der Waals surface area contributed by atoms with Gasteiger partial charge in [0.25, 0.3) is 0 Å². The Labute approximate surface area is 123 Å². The minimum Gasteiger partial charge on any atom is -0.491 e. The third-order valence-electron chi connectivity index (χ3n) is 3.32. The molecule has 19 heavy (non-hydrogen) atoms. The van der Waals surface area contributed by atoms with Gasteiger partial charge in [-0.2, -0.15) is 0 Å². The van der Waals surface area contributed by atoms with Crippen LogP contribution < -0.4 is 10.1 Å². The van der Waals surface area contributed by atoms with E-state index in [0.717, 1.165) is 16.1 Å². The fraction of sp³-hybridized carbons (Fsp3) is 0.600. The van der Waals surface area contributed by atoms with Crippen LogP contribution in [0.4, 0.5) is 0 Å². The van der Waals surface area contributed by atoms with Gasteiger partial charge in [-0.25, -0.2) is 0 Å². The van der Waals surface area contributed by atoms with Gasteiger partial charge in [0.15, 0.2) is 0 Å². The lowest BCUT2D eigenvalue weighted by atomic mass is 10.1. The smallest absolute Gasteiger partial charge is 0.120 e. The molecule has 2 rings (SSSR count). The molecule has 0 bridgehead atoms. The molecule has 0 amide bonds. The average Bonchev–Trinajstić information content (AvgIpc) is 3.18. The number of rotatable bonds is 8. The average molecular weight is 328 g/mol. The Morgan fingerprint density at radius 3 is 2.95 bits per heavy atom. The molecule has 0 heterocycles. The third kappa shape index (κ3) is 5.93. The van der Waals surface area contributed by atoms with Crippen LogP contribution in [-0.4, -0.2) is 30.4 Å². The number of aliphatic hydroxyl groups is 1. The molecule has 3 nitrogen and oxygen atoms in total. The van der Waals surface area contributed by atoms with E-state index in [2.05, 4.69) is 28.2 Å². The monoisotopic (exact) mass is 327 g/mol. The maximum absolute atomic E-state index is 9.88. The quantitative estimate of drug-likeness (QED) is 0.771. The van der Waals surface area contributed by atoms with Crippen LogP contribution in [0, 0.1) is 5.92 Å². The minimum absolute atomic E-state index is 0.319. The summed E-state index contributed by atoms with van der Waals surface area (Å²) >= 11 is 3.39. The molecule has 1 aromatic carbocycles. The van der Waals surface area contributed by atoms with Crippen molar-refractivity contribution >= 4 is 15.9 Å². The summed E-state index contributed by atoms with van der Waals surface area (Å²) in [6, 6.07) is 8.14. The second-order valence-corrected chi connectivity index (χ2v) is 6.33. The summed E-state index contributed by atoms with van der Waals surface area (Å²) in [5.41, 5.74) is 0. The molecule has 1 aromatic rings. The van der Waals surface area contributed by atoms with Gasteiger partial charge in [-0.05, 0) is 37.5 Å². The number of benzene rings is 1. The van der Waals surface area contributed by atoms with E-state index in [1.165, 1.54) is 19.3 Å². The Morgan fingerprint density at radius 1 is 1.47 bits per heavy atom. The van der Waals surface area contributed by atoms with E-state index in [4.69, 9.17) is 4.74 Å². The lowest BCUT2D eigenvalue weighted by Crippen LogP contribution is -2.36. The Morgan fingerprint density at radius 2 is 2.26 bits per heavy atom. The van der Waals surface area contributed by atoms with Gasteiger partial charge < -0.3 is 15.2 Å². The van der Waals surface area contributed by atoms with E-state index in [1.807, 2.05) is 24.3 Å². The first-order valence-corrected chi connectivity index (χ1v) is 7.72. The van der Waals surface area contributed by atoms with Crippen molar-refractivity contribution in [1.29, 1.82) is 0 Å². The zero-order chi connectivity index (χ0) is 13.7. The standard InChI is InChI=1S/C15H22BrNO2/c1-11(7-12-5-6-12)17-9-14(18)10-19-15-4-2-3-13(16)8-15/h2-4,8,11-12,14,17-18H,5-7,9-10H2,1H3. The van der Waals surface area contributed by atoms with Crippen molar-refractivity contribution < 1.29 is 9.84 Å². The highest BCUT2D eigenvalue weighted by molar-refractivity contribution is 9.10. The van der Waals surface area contributed by atoms with E-state index in [9.17, 15) is 5.11 Å². The zero-order valence-electron chi connectivity index (χ0n) is 11.3. The molecule has 0 aromatic heterocycles. The molecule has 106 valence electrons. The number of halogens is 1. The summed E-state index contributed by atoms with van der Waals surface area (Å²) < 4.78 is 6.54. The fourth-order valence-corrected chi connectivity index (χ4v) is 2.46. The molecule has 1 saturated carbocycles. The first-order chi connectivity index (χ1) is 9.13. The second-order valence-electron chi connectivity index (χ2n) is 5.41. The summed E-state index contributed by atoms with van der Waals surface area (Å²) in [4.78, 5) is 0. The van der Waals surface area contributed by atoms with Crippen LogP contribution in [0.15, 0.2) is 28.7 Å². The van der Waals surface area contributed by atoms with E-state index < -0.39 is 6.10 Å². The maximum Gasteiger partial charge on any atom is 0.120 e. The van der Waals surface area contributed by atoms with Gasteiger partial charge in [-0.1, -0.05) is 34.8 Å². The minimum atomic E-state index is -0.472. The van der Waals surface area contributed by atoms with Crippen molar-refractivity contribution in [2.45, 2.75) is 38.3 Å². The van der Waals surface area contributed by atoms with Gasteiger partial charge in [-0.3, -0.25) is 0 Å². The van der Waals surface area contributed by atoms with Crippen LogP contribution in [0.3, 0.4) is 0 Å². The predicted octanol–water partition coefficient (Wildman–Crippen LogP) is 2.97. The van der Waals surface area contributed by atoms with Gasteiger partial charge in [0.2, 0.25) is 0 Å². The Kier molecular flexibility index (Phi) is 5.67. The Balaban J connectivity index is 1.62. The van der Waals surface area contributed by atoms with Gasteiger partial charge in [-0.15, -0.1) is 0 Å². The molecule has 0 spiro atoms. The molecule has 1 aliphatic carbocycles. The van der Waals surface area contributed by atoms with Gasteiger partial charge in [0.05, 0.1) is 0 Å². The summed E-state index contributed by atoms with van der Waals surface area (Å²) in [6.45, 7) is 3.09. The molecular weight excluding hydrogens is 306 g/mol. The van der Waals surface area contributed by atoms with Crippen molar-refractivity contribution in [2.24, 2.45) is 5.92 Å². The summed E-state index contributed by atoms with van der Waals surface area (Å²) in [5, 5.41) is 13.2. The van der Waals surface area contributed by atoms with Gasteiger partial charge in [0, 0.05) is 17.1 Å². The van der Waals surface area contributed by atoms with E-state index in [0.29, 0.717) is 19.2 Å². The van der Waals surface area contributed by atoms with Crippen LogP contribution >= 0.6 is 15.9 Å². The molecule has 4 heteroatoms. The first-order valence-electron chi connectivity index (χ1n) is 6.93. The Bertz CT molecular complexity index is 395. The van der Waals surface area contributed by atoms with Crippen LogP contribution in [0.2, 0.25) is 0 Å². The van der Waals surface area contributed by atoms with Crippen molar-refractivity contribution in [3.63, 3.8) is 0 Å². The number of aliphatic hydroxyl groups excluding tert-OH is 1. The fourth-order valence-electron chi connectivity index (χ4n) is 2.08. The van der Waals surface area contributed by atoms with Crippen LogP contribution in [0.25, 0.3) is 0 Å². The Hall–Kier alpha value is -0.580. The number of hydrogen-bond acceptors (Lipinski definition) is 3. The molecule has 0 saturated heterocycles. The van der Waals surface area contributed by atoms with Crippen molar-refractivity contribution in [3.8, 4) is 5.75 Å². The SMILES string of the molecule is CC(CC1CC1)NCC(O)COc1cccc(Br)c1.